The van der Waals surface area contributed by atoms with E-state index in [1.54, 1.807) is 6.20 Å². The van der Waals surface area contributed by atoms with Crippen molar-refractivity contribution in [3.8, 4) is 11.1 Å². The third kappa shape index (κ3) is 2.02. The van der Waals surface area contributed by atoms with Crippen LogP contribution in [0.15, 0.2) is 42.7 Å². The van der Waals surface area contributed by atoms with Crippen LogP contribution in [0.1, 0.15) is 5.56 Å². The largest absolute Gasteiger partial charge is 0.326 e. The van der Waals surface area contributed by atoms with Crippen molar-refractivity contribution < 1.29 is 4.39 Å². The lowest BCUT2D eigenvalue weighted by atomic mass is 10.0. The van der Waals surface area contributed by atoms with Gasteiger partial charge in [0.05, 0.1) is 6.20 Å². The van der Waals surface area contributed by atoms with Crippen LogP contribution < -0.4 is 5.73 Å². The van der Waals surface area contributed by atoms with Gasteiger partial charge in [-0.25, -0.2) is 4.39 Å². The van der Waals surface area contributed by atoms with Gasteiger partial charge in [-0.05, 0) is 17.2 Å². The molecule has 0 amide bonds. The van der Waals surface area contributed by atoms with Crippen molar-refractivity contribution in [2.75, 3.05) is 0 Å². The minimum Gasteiger partial charge on any atom is -0.326 e. The Balaban J connectivity index is 2.53. The Bertz CT molecular complexity index is 469. The van der Waals surface area contributed by atoms with Crippen molar-refractivity contribution in [1.29, 1.82) is 0 Å². The van der Waals surface area contributed by atoms with Gasteiger partial charge in [0.15, 0.2) is 0 Å². The SMILES string of the molecule is NCc1ccccc1-c1cncc(F)c1. The monoisotopic (exact) mass is 202 g/mol. The van der Waals surface area contributed by atoms with Gasteiger partial charge in [0.1, 0.15) is 5.82 Å². The third-order valence-electron chi connectivity index (χ3n) is 2.25. The Labute approximate surface area is 87.6 Å². The molecule has 1 aromatic heterocycles. The molecule has 0 aliphatic rings. The van der Waals surface area contributed by atoms with E-state index in [1.165, 1.54) is 12.3 Å². The van der Waals surface area contributed by atoms with E-state index in [2.05, 4.69) is 4.98 Å². The second kappa shape index (κ2) is 4.19. The molecule has 2 aromatic rings. The van der Waals surface area contributed by atoms with Crippen LogP contribution in [0.4, 0.5) is 4.39 Å². The van der Waals surface area contributed by atoms with E-state index in [-0.39, 0.29) is 5.82 Å². The first-order valence-electron chi connectivity index (χ1n) is 4.70. The first-order chi connectivity index (χ1) is 7.31. The Morgan fingerprint density at radius 3 is 2.73 bits per heavy atom. The molecule has 0 saturated heterocycles. The number of pyridine rings is 1. The highest BCUT2D eigenvalue weighted by Crippen LogP contribution is 2.22. The number of rotatable bonds is 2. The van der Waals surface area contributed by atoms with Gasteiger partial charge < -0.3 is 5.73 Å². The van der Waals surface area contributed by atoms with Crippen LogP contribution in [0.2, 0.25) is 0 Å². The minimum absolute atomic E-state index is 0.334. The molecule has 15 heavy (non-hydrogen) atoms. The van der Waals surface area contributed by atoms with Crippen LogP contribution in [0, 0.1) is 5.82 Å². The fourth-order valence-corrected chi connectivity index (χ4v) is 1.54. The first-order valence-corrected chi connectivity index (χ1v) is 4.70. The number of nitrogens with two attached hydrogens (primary N) is 1. The molecule has 0 bridgehead atoms. The molecule has 1 heterocycles. The van der Waals surface area contributed by atoms with Crippen LogP contribution in [0.3, 0.4) is 0 Å². The smallest absolute Gasteiger partial charge is 0.142 e. The maximum atomic E-state index is 13.0. The summed E-state index contributed by atoms with van der Waals surface area (Å²) >= 11 is 0. The van der Waals surface area contributed by atoms with Crippen LogP contribution in [-0.2, 0) is 6.54 Å². The maximum Gasteiger partial charge on any atom is 0.142 e. The summed E-state index contributed by atoms with van der Waals surface area (Å²) in [5.41, 5.74) is 8.30. The number of hydrogen-bond donors (Lipinski definition) is 1. The van der Waals surface area contributed by atoms with E-state index in [9.17, 15) is 4.39 Å². The number of benzene rings is 1. The van der Waals surface area contributed by atoms with E-state index in [1.807, 2.05) is 24.3 Å². The lowest BCUT2D eigenvalue weighted by Gasteiger charge is -2.06. The molecule has 0 spiro atoms. The number of hydrogen-bond acceptors (Lipinski definition) is 2. The summed E-state index contributed by atoms with van der Waals surface area (Å²) in [7, 11) is 0. The Morgan fingerprint density at radius 1 is 1.20 bits per heavy atom. The van der Waals surface area contributed by atoms with Gasteiger partial charge in [-0.1, -0.05) is 24.3 Å². The second-order valence-electron chi connectivity index (χ2n) is 3.25. The standard InChI is InChI=1S/C12H11FN2/c13-11-5-10(7-15-8-11)12-4-2-1-3-9(12)6-14/h1-5,7-8H,6,14H2. The number of halogens is 1. The van der Waals surface area contributed by atoms with Crippen molar-refractivity contribution in [2.45, 2.75) is 6.54 Å². The molecule has 3 heteroatoms. The summed E-state index contributed by atoms with van der Waals surface area (Å²) in [5.74, 6) is -0.334. The van der Waals surface area contributed by atoms with Crippen LogP contribution in [0.25, 0.3) is 11.1 Å². The highest BCUT2D eigenvalue weighted by molar-refractivity contribution is 5.66. The van der Waals surface area contributed by atoms with Crippen molar-refractivity contribution >= 4 is 0 Å². The van der Waals surface area contributed by atoms with Gasteiger partial charge in [-0.15, -0.1) is 0 Å². The molecule has 2 N–H and O–H groups in total. The second-order valence-corrected chi connectivity index (χ2v) is 3.25. The molecule has 0 aliphatic heterocycles. The molecule has 1 aromatic carbocycles. The Hall–Kier alpha value is -1.74. The fourth-order valence-electron chi connectivity index (χ4n) is 1.54. The average molecular weight is 202 g/mol. The molecule has 0 saturated carbocycles. The van der Waals surface area contributed by atoms with E-state index < -0.39 is 0 Å². The predicted molar refractivity (Wildman–Crippen MR) is 57.5 cm³/mol. The molecule has 2 rings (SSSR count). The molecular weight excluding hydrogens is 191 g/mol. The van der Waals surface area contributed by atoms with Gasteiger partial charge >= 0.3 is 0 Å². The minimum atomic E-state index is -0.334. The summed E-state index contributed by atoms with van der Waals surface area (Å²) in [6.07, 6.45) is 2.83. The quantitative estimate of drug-likeness (QED) is 0.811. The summed E-state index contributed by atoms with van der Waals surface area (Å²) in [6.45, 7) is 0.437. The predicted octanol–water partition coefficient (Wildman–Crippen LogP) is 2.35. The fraction of sp³-hybridized carbons (Fsp3) is 0.0833. The third-order valence-corrected chi connectivity index (χ3v) is 2.25. The summed E-state index contributed by atoms with van der Waals surface area (Å²) in [4.78, 5) is 3.82. The van der Waals surface area contributed by atoms with Gasteiger partial charge in [-0.2, -0.15) is 0 Å². The normalized spacial score (nSPS) is 10.3. The lowest BCUT2D eigenvalue weighted by molar-refractivity contribution is 0.622. The molecule has 0 fully saturated rings. The zero-order valence-corrected chi connectivity index (χ0v) is 8.15. The summed E-state index contributed by atoms with van der Waals surface area (Å²) < 4.78 is 13.0. The van der Waals surface area contributed by atoms with Crippen molar-refractivity contribution in [3.05, 3.63) is 54.1 Å². The molecule has 0 radical (unpaired) electrons. The first kappa shape index (κ1) is 9.80. The lowest BCUT2D eigenvalue weighted by Crippen LogP contribution is -1.98. The Morgan fingerprint density at radius 2 is 2.00 bits per heavy atom. The van der Waals surface area contributed by atoms with E-state index in [4.69, 9.17) is 5.73 Å². The van der Waals surface area contributed by atoms with Gasteiger partial charge in [0, 0.05) is 18.3 Å². The molecule has 0 aliphatic carbocycles. The van der Waals surface area contributed by atoms with Gasteiger partial charge in [-0.3, -0.25) is 4.98 Å². The zero-order chi connectivity index (χ0) is 10.7. The Kier molecular flexibility index (Phi) is 2.74. The van der Waals surface area contributed by atoms with E-state index in [0.717, 1.165) is 16.7 Å². The zero-order valence-electron chi connectivity index (χ0n) is 8.15. The summed E-state index contributed by atoms with van der Waals surface area (Å²) in [6, 6.07) is 9.12. The molecular formula is C12H11FN2. The molecule has 2 nitrogen and oxygen atoms in total. The highest BCUT2D eigenvalue weighted by Gasteiger charge is 2.03. The van der Waals surface area contributed by atoms with Gasteiger partial charge in [0.2, 0.25) is 0 Å². The van der Waals surface area contributed by atoms with Crippen LogP contribution >= 0.6 is 0 Å². The highest BCUT2D eigenvalue weighted by atomic mass is 19.1. The number of nitrogens with zero attached hydrogens (tertiary/aromatic N) is 1. The van der Waals surface area contributed by atoms with Gasteiger partial charge in [0.25, 0.3) is 0 Å². The van der Waals surface area contributed by atoms with E-state index in [0.29, 0.717) is 6.54 Å². The molecule has 76 valence electrons. The van der Waals surface area contributed by atoms with Crippen molar-refractivity contribution in [1.82, 2.24) is 4.98 Å². The summed E-state index contributed by atoms with van der Waals surface area (Å²) in [5, 5.41) is 0. The molecule has 0 atom stereocenters. The maximum absolute atomic E-state index is 13.0. The topological polar surface area (TPSA) is 38.9 Å². The van der Waals surface area contributed by atoms with E-state index >= 15 is 0 Å². The average Bonchev–Trinajstić information content (AvgIpc) is 2.29. The van der Waals surface area contributed by atoms with Crippen LogP contribution in [-0.4, -0.2) is 4.98 Å². The van der Waals surface area contributed by atoms with Crippen molar-refractivity contribution in [2.24, 2.45) is 5.73 Å². The van der Waals surface area contributed by atoms with Crippen molar-refractivity contribution in [3.63, 3.8) is 0 Å². The van der Waals surface area contributed by atoms with Crippen LogP contribution in [0.5, 0.6) is 0 Å². The molecule has 0 unspecified atom stereocenters. The number of aromatic nitrogens is 1.